The number of nitrogens with zero attached hydrogens (tertiary/aromatic N) is 3. The number of hydrogen-bond acceptors (Lipinski definition) is 3. The number of aromatic nitrogens is 2. The van der Waals surface area contributed by atoms with E-state index in [9.17, 15) is 0 Å². The molecule has 0 N–H and O–H groups in total. The molecule has 1 aromatic heterocycles. The van der Waals surface area contributed by atoms with Gasteiger partial charge in [0, 0.05) is 35.4 Å². The van der Waals surface area contributed by atoms with Gasteiger partial charge in [-0.05, 0) is 30.0 Å². The lowest BCUT2D eigenvalue weighted by Gasteiger charge is -2.27. The fourth-order valence-electron chi connectivity index (χ4n) is 3.43. The number of rotatable bonds is 5. The highest BCUT2D eigenvalue weighted by Crippen LogP contribution is 2.32. The first-order valence-electron chi connectivity index (χ1n) is 8.78. The molecule has 4 nitrogen and oxygen atoms in total. The molecule has 0 saturated heterocycles. The number of hydrogen-bond donors (Lipinski definition) is 0. The Morgan fingerprint density at radius 1 is 1.15 bits per heavy atom. The van der Waals surface area contributed by atoms with Gasteiger partial charge in [-0.2, -0.15) is 0 Å². The van der Waals surface area contributed by atoms with E-state index in [0.717, 1.165) is 46.8 Å². The normalized spacial score (nSPS) is 17.9. The molecule has 132 valence electrons. The Balaban J connectivity index is 1.61. The Hall–Kier alpha value is -2.59. The standard InChI is InChI=1S/C21H20ClN3O/c22-20-8-4-7-19-18(20)10-9-17(13-25-12-11-23-15-25)21(19)24-26-14-16-5-2-1-3-6-16/h1-8,11-12,15,17H,9-10,13-14H2/b24-21-. The molecule has 0 saturated carbocycles. The maximum absolute atomic E-state index is 6.42. The molecule has 1 unspecified atom stereocenters. The van der Waals surface area contributed by atoms with Crippen LogP contribution in [0.4, 0.5) is 0 Å². The van der Waals surface area contributed by atoms with Crippen LogP contribution >= 0.6 is 11.6 Å². The molecule has 2 aromatic carbocycles. The van der Waals surface area contributed by atoms with Crippen molar-refractivity contribution in [2.75, 3.05) is 0 Å². The van der Waals surface area contributed by atoms with Crippen molar-refractivity contribution in [3.63, 3.8) is 0 Å². The minimum absolute atomic E-state index is 0.269. The van der Waals surface area contributed by atoms with Gasteiger partial charge in [0.1, 0.15) is 6.61 Å². The quantitative estimate of drug-likeness (QED) is 0.614. The number of oxime groups is 1. The van der Waals surface area contributed by atoms with E-state index < -0.39 is 0 Å². The number of fused-ring (bicyclic) bond motifs is 1. The first kappa shape index (κ1) is 16.9. The summed E-state index contributed by atoms with van der Waals surface area (Å²) in [5.41, 5.74) is 4.34. The van der Waals surface area contributed by atoms with E-state index in [0.29, 0.717) is 6.61 Å². The summed E-state index contributed by atoms with van der Waals surface area (Å²) in [5, 5.41) is 5.35. The molecule has 26 heavy (non-hydrogen) atoms. The van der Waals surface area contributed by atoms with Gasteiger partial charge in [-0.3, -0.25) is 0 Å². The molecule has 3 aromatic rings. The molecule has 0 spiro atoms. The summed E-state index contributed by atoms with van der Waals surface area (Å²) in [6, 6.07) is 16.1. The highest BCUT2D eigenvalue weighted by atomic mass is 35.5. The fraction of sp³-hybridized carbons (Fsp3) is 0.238. The lowest BCUT2D eigenvalue weighted by molar-refractivity contribution is 0.128. The molecule has 1 atom stereocenters. The molecule has 4 rings (SSSR count). The lowest BCUT2D eigenvalue weighted by atomic mass is 9.82. The number of imidazole rings is 1. The minimum Gasteiger partial charge on any atom is -0.391 e. The van der Waals surface area contributed by atoms with E-state index in [1.165, 1.54) is 0 Å². The average Bonchev–Trinajstić information content (AvgIpc) is 3.17. The van der Waals surface area contributed by atoms with Gasteiger partial charge in [0.15, 0.2) is 0 Å². The Morgan fingerprint density at radius 3 is 2.85 bits per heavy atom. The van der Waals surface area contributed by atoms with E-state index in [-0.39, 0.29) is 5.92 Å². The van der Waals surface area contributed by atoms with Crippen molar-refractivity contribution in [3.05, 3.63) is 89.0 Å². The maximum atomic E-state index is 6.42. The molecule has 5 heteroatoms. The highest BCUT2D eigenvalue weighted by molar-refractivity contribution is 6.32. The van der Waals surface area contributed by atoms with Crippen LogP contribution in [0.5, 0.6) is 0 Å². The van der Waals surface area contributed by atoms with E-state index in [4.69, 9.17) is 16.4 Å². The zero-order valence-corrected chi connectivity index (χ0v) is 15.1. The maximum Gasteiger partial charge on any atom is 0.142 e. The predicted octanol–water partition coefficient (Wildman–Crippen LogP) is 4.72. The van der Waals surface area contributed by atoms with Crippen LogP contribution in [0.2, 0.25) is 5.02 Å². The summed E-state index contributed by atoms with van der Waals surface area (Å²) in [6.45, 7) is 1.29. The topological polar surface area (TPSA) is 39.4 Å². The van der Waals surface area contributed by atoms with Crippen molar-refractivity contribution in [2.24, 2.45) is 11.1 Å². The van der Waals surface area contributed by atoms with Crippen LogP contribution in [0.25, 0.3) is 0 Å². The smallest absolute Gasteiger partial charge is 0.142 e. The first-order valence-corrected chi connectivity index (χ1v) is 9.16. The highest BCUT2D eigenvalue weighted by Gasteiger charge is 2.28. The van der Waals surface area contributed by atoms with Crippen molar-refractivity contribution >= 4 is 17.3 Å². The van der Waals surface area contributed by atoms with Crippen molar-refractivity contribution in [3.8, 4) is 0 Å². The van der Waals surface area contributed by atoms with Crippen molar-refractivity contribution in [2.45, 2.75) is 26.0 Å². The van der Waals surface area contributed by atoms with Crippen LogP contribution in [0.1, 0.15) is 23.1 Å². The monoisotopic (exact) mass is 365 g/mol. The lowest BCUT2D eigenvalue weighted by Crippen LogP contribution is -2.27. The van der Waals surface area contributed by atoms with Gasteiger partial charge >= 0.3 is 0 Å². The van der Waals surface area contributed by atoms with Gasteiger partial charge in [0.25, 0.3) is 0 Å². The molecule has 1 aliphatic carbocycles. The van der Waals surface area contributed by atoms with Gasteiger partial charge in [-0.25, -0.2) is 4.98 Å². The van der Waals surface area contributed by atoms with E-state index >= 15 is 0 Å². The third-order valence-electron chi connectivity index (χ3n) is 4.75. The average molecular weight is 366 g/mol. The molecular formula is C21H20ClN3O. The Morgan fingerprint density at radius 2 is 2.04 bits per heavy atom. The Kier molecular flexibility index (Phi) is 5.02. The molecule has 1 aliphatic rings. The second kappa shape index (κ2) is 7.75. The van der Waals surface area contributed by atoms with E-state index in [2.05, 4.69) is 20.8 Å². The second-order valence-electron chi connectivity index (χ2n) is 6.50. The summed E-state index contributed by atoms with van der Waals surface area (Å²) in [7, 11) is 0. The van der Waals surface area contributed by atoms with Gasteiger partial charge in [-0.15, -0.1) is 0 Å². The summed E-state index contributed by atoms with van der Waals surface area (Å²) >= 11 is 6.42. The SMILES string of the molecule is Clc1cccc2c1CCC(Cn1ccnc1)/C2=N/OCc1ccccc1. The molecular weight excluding hydrogens is 346 g/mol. The zero-order chi connectivity index (χ0) is 17.8. The van der Waals surface area contributed by atoms with Crippen LogP contribution in [0.15, 0.2) is 72.4 Å². The van der Waals surface area contributed by atoms with Gasteiger partial charge in [0.05, 0.1) is 12.0 Å². The molecule has 0 bridgehead atoms. The van der Waals surface area contributed by atoms with Gasteiger partial charge < -0.3 is 9.40 Å². The second-order valence-corrected chi connectivity index (χ2v) is 6.90. The molecule has 1 heterocycles. The van der Waals surface area contributed by atoms with E-state index in [1.807, 2.05) is 55.0 Å². The third kappa shape index (κ3) is 3.65. The summed E-state index contributed by atoms with van der Waals surface area (Å²) < 4.78 is 2.09. The van der Waals surface area contributed by atoms with Crippen LogP contribution in [0.3, 0.4) is 0 Å². The molecule has 0 fully saturated rings. The predicted molar refractivity (Wildman–Crippen MR) is 103 cm³/mol. The van der Waals surface area contributed by atoms with Crippen LogP contribution in [-0.2, 0) is 24.4 Å². The van der Waals surface area contributed by atoms with E-state index in [1.54, 1.807) is 6.20 Å². The van der Waals surface area contributed by atoms with Gasteiger partial charge in [-0.1, -0.05) is 59.2 Å². The summed E-state index contributed by atoms with van der Waals surface area (Å²) in [5.74, 6) is 0.269. The molecule has 0 aliphatic heterocycles. The third-order valence-corrected chi connectivity index (χ3v) is 5.11. The largest absolute Gasteiger partial charge is 0.391 e. The van der Waals surface area contributed by atoms with Crippen LogP contribution in [-0.4, -0.2) is 15.3 Å². The molecule has 0 radical (unpaired) electrons. The summed E-state index contributed by atoms with van der Waals surface area (Å²) in [6.07, 6.45) is 7.57. The zero-order valence-electron chi connectivity index (χ0n) is 14.4. The summed E-state index contributed by atoms with van der Waals surface area (Å²) in [4.78, 5) is 9.87. The van der Waals surface area contributed by atoms with Crippen molar-refractivity contribution < 1.29 is 4.84 Å². The first-order chi connectivity index (χ1) is 12.8. The van der Waals surface area contributed by atoms with Gasteiger partial charge in [0.2, 0.25) is 0 Å². The van der Waals surface area contributed by atoms with Crippen molar-refractivity contribution in [1.82, 2.24) is 9.55 Å². The van der Waals surface area contributed by atoms with Crippen LogP contribution < -0.4 is 0 Å². The van der Waals surface area contributed by atoms with Crippen LogP contribution in [0, 0.1) is 5.92 Å². The Labute approximate surface area is 158 Å². The number of benzene rings is 2. The minimum atomic E-state index is 0.269. The fourth-order valence-corrected chi connectivity index (χ4v) is 3.70. The number of halogens is 1. The molecule has 0 amide bonds. The Bertz CT molecular complexity index is 891. The van der Waals surface area contributed by atoms with Crippen molar-refractivity contribution in [1.29, 1.82) is 0 Å².